The first-order chi connectivity index (χ1) is 41.0. The van der Waals surface area contributed by atoms with Gasteiger partial charge in [0.1, 0.15) is 52.3 Å². The van der Waals surface area contributed by atoms with Crippen LogP contribution >= 0.6 is 22.9 Å². The number of halogens is 3. The van der Waals surface area contributed by atoms with Gasteiger partial charge in [0.25, 0.3) is 0 Å². The van der Waals surface area contributed by atoms with E-state index in [0.717, 1.165) is 82.9 Å². The lowest BCUT2D eigenvalue weighted by Crippen LogP contribution is -2.56. The van der Waals surface area contributed by atoms with Crippen LogP contribution in [0.4, 0.5) is 25.3 Å². The molecule has 24 heteroatoms. The largest absolute Gasteiger partial charge is 0.507 e. The summed E-state index contributed by atoms with van der Waals surface area (Å²) in [5.74, 6) is -2.44. The number of likely N-dealkylation sites (N-methyl/N-ethyl adjacent to an activating group) is 2. The molecule has 0 radical (unpaired) electrons. The highest BCUT2D eigenvalue weighted by atomic mass is 35.5. The van der Waals surface area contributed by atoms with Gasteiger partial charge >= 0.3 is 6.09 Å². The van der Waals surface area contributed by atoms with Crippen molar-refractivity contribution in [2.45, 2.75) is 76.4 Å². The van der Waals surface area contributed by atoms with Gasteiger partial charge in [0, 0.05) is 93.6 Å². The first-order valence-corrected chi connectivity index (χ1v) is 29.9. The van der Waals surface area contributed by atoms with Crippen LogP contribution in [-0.4, -0.2) is 180 Å². The van der Waals surface area contributed by atoms with Crippen LogP contribution < -0.4 is 20.3 Å². The van der Waals surface area contributed by atoms with Crippen molar-refractivity contribution in [2.75, 3.05) is 103 Å². The Morgan fingerprint density at radius 1 is 0.859 bits per heavy atom. The number of carbonyl (C=O) groups excluding carboxylic acids is 4. The lowest BCUT2D eigenvalue weighted by Gasteiger charge is -2.35. The lowest BCUT2D eigenvalue weighted by molar-refractivity contribution is -0.140. The van der Waals surface area contributed by atoms with Crippen LogP contribution in [0.5, 0.6) is 11.5 Å². The number of fused-ring (bicyclic) bond motifs is 2. The number of amides is 5. The number of aromatic nitrogens is 3. The maximum Gasteiger partial charge on any atom is 0.407 e. The second kappa shape index (κ2) is 28.4. The average molecular weight is 1210 g/mol. The molecule has 9 rings (SSSR count). The summed E-state index contributed by atoms with van der Waals surface area (Å²) in [6.07, 6.45) is 6.23. The van der Waals surface area contributed by atoms with Crippen molar-refractivity contribution in [3.63, 3.8) is 0 Å². The Hall–Kier alpha value is -7.73. The second-order valence-electron chi connectivity index (χ2n) is 21.4. The number of anilines is 2. The number of thiazole rings is 1. The van der Waals surface area contributed by atoms with Crippen molar-refractivity contribution < 1.29 is 57.2 Å². The van der Waals surface area contributed by atoms with E-state index in [1.54, 1.807) is 11.9 Å². The predicted octanol–water partition coefficient (Wildman–Crippen LogP) is 9.14. The van der Waals surface area contributed by atoms with E-state index in [9.17, 15) is 34.2 Å². The molecule has 452 valence electrons. The van der Waals surface area contributed by atoms with Crippen LogP contribution in [0.25, 0.3) is 44.1 Å². The van der Waals surface area contributed by atoms with E-state index in [2.05, 4.69) is 22.2 Å². The predicted molar refractivity (Wildman–Crippen MR) is 321 cm³/mol. The van der Waals surface area contributed by atoms with Gasteiger partial charge in [0.15, 0.2) is 5.82 Å². The van der Waals surface area contributed by atoms with Crippen molar-refractivity contribution >= 4 is 86.1 Å². The van der Waals surface area contributed by atoms with Gasteiger partial charge in [-0.25, -0.2) is 23.5 Å². The van der Waals surface area contributed by atoms with Gasteiger partial charge in [-0.3, -0.25) is 24.1 Å². The molecule has 4 heterocycles. The molecule has 3 aliphatic rings. The standard InChI is InChI=1S/C61H71ClF2N10O10S/c1-5-49(76)72-25-27-73(28-26-72)56-42-35-43(62)51(52-44(63)17-11-19-47(52)75)53(64)55(42)68-60(69-56)65-23-22-50(77)70(3)29-30-82-31-32-83-33-34-84-48-21-20-40(39-15-9-10-16-41(39)48)45-36-85-58(66-45)46-18-12-24-74(46)59(79)54(38-13-7-6-8-14-38)67-57(78)37(2)71(4)61(80)81/h5,9-11,15-17,19-21,35-38,46,54,75H,1,6-8,12-14,18,22-34H2,2-4H3,(H,67,78)(H,80,81)(H,65,68,69)/t37?,46?,54-/m0/s1. The van der Waals surface area contributed by atoms with Gasteiger partial charge in [-0.1, -0.05) is 67.8 Å². The molecule has 1 saturated carbocycles. The molecule has 1 aliphatic carbocycles. The minimum Gasteiger partial charge on any atom is -0.507 e. The zero-order valence-corrected chi connectivity index (χ0v) is 49.4. The molecule has 4 N–H and O–H groups in total. The number of carbonyl (C=O) groups is 5. The number of ether oxygens (including phenoxy) is 3. The van der Waals surface area contributed by atoms with Gasteiger partial charge in [-0.15, -0.1) is 11.3 Å². The van der Waals surface area contributed by atoms with E-state index in [-0.39, 0.29) is 89.9 Å². The van der Waals surface area contributed by atoms with Crippen LogP contribution in [-0.2, 0) is 28.7 Å². The van der Waals surface area contributed by atoms with Crippen molar-refractivity contribution in [3.8, 4) is 33.9 Å². The summed E-state index contributed by atoms with van der Waals surface area (Å²) < 4.78 is 49.4. The van der Waals surface area contributed by atoms with Crippen LogP contribution in [0.2, 0.25) is 5.02 Å². The molecule has 2 aromatic heterocycles. The number of hydrogen-bond donors (Lipinski definition) is 4. The molecule has 2 aliphatic heterocycles. The lowest BCUT2D eigenvalue weighted by atomic mass is 9.83. The number of nitrogens with zero attached hydrogens (tertiary/aromatic N) is 8. The molecule has 3 atom stereocenters. The van der Waals surface area contributed by atoms with Crippen LogP contribution in [0.1, 0.15) is 69.3 Å². The van der Waals surface area contributed by atoms with E-state index in [1.165, 1.54) is 54.5 Å². The molecule has 3 fully saturated rings. The summed E-state index contributed by atoms with van der Waals surface area (Å²) in [5, 5.41) is 30.8. The summed E-state index contributed by atoms with van der Waals surface area (Å²) in [4.78, 5) is 87.1. The minimum absolute atomic E-state index is 0.00499. The van der Waals surface area contributed by atoms with E-state index in [4.69, 9.17) is 35.8 Å². The van der Waals surface area contributed by atoms with Crippen LogP contribution in [0.15, 0.2) is 78.7 Å². The molecule has 0 spiro atoms. The fourth-order valence-electron chi connectivity index (χ4n) is 11.2. The molecular weight excluding hydrogens is 1140 g/mol. The Labute approximate surface area is 500 Å². The first-order valence-electron chi connectivity index (χ1n) is 28.7. The minimum atomic E-state index is -1.22. The molecule has 2 unspecified atom stereocenters. The maximum atomic E-state index is 16.6. The van der Waals surface area contributed by atoms with E-state index < -0.39 is 47.0 Å². The normalized spacial score (nSPS) is 16.3. The number of benzene rings is 4. The van der Waals surface area contributed by atoms with Gasteiger partial charge in [0.2, 0.25) is 29.6 Å². The number of phenolic OH excluding ortho intramolecular Hbond substituents is 1. The SMILES string of the molecule is C=CC(=O)N1CCN(c2nc(NCCC(=O)N(C)CCOCCOCCOc3ccc(-c4csc(C5CCCN5C(=O)[C@@H](NC(=O)C(C)N(C)C(=O)O)C5CCCCC5)n4)c4ccccc34)nc3c(F)c(-c4c(O)cccc4F)c(Cl)cc23)CC1. The van der Waals surface area contributed by atoms with Crippen molar-refractivity contribution in [3.05, 3.63) is 100 Å². The molecule has 85 heavy (non-hydrogen) atoms. The fourth-order valence-corrected chi connectivity index (χ4v) is 12.5. The first kappa shape index (κ1) is 61.8. The summed E-state index contributed by atoms with van der Waals surface area (Å²) in [5.41, 5.74) is 0.742. The third-order valence-corrected chi connectivity index (χ3v) is 17.3. The highest BCUT2D eigenvalue weighted by Gasteiger charge is 2.41. The van der Waals surface area contributed by atoms with Crippen molar-refractivity contribution in [1.29, 1.82) is 0 Å². The third kappa shape index (κ3) is 14.3. The number of nitrogens with one attached hydrogen (secondary N) is 2. The fraction of sp³-hybridized carbons (Fsp3) is 0.443. The Morgan fingerprint density at radius 3 is 2.32 bits per heavy atom. The monoisotopic (exact) mass is 1210 g/mol. The zero-order valence-electron chi connectivity index (χ0n) is 47.9. The molecular formula is C61H71ClF2N10O10S. The van der Waals surface area contributed by atoms with E-state index in [1.807, 2.05) is 51.6 Å². The zero-order chi connectivity index (χ0) is 60.3. The summed E-state index contributed by atoms with van der Waals surface area (Å²) >= 11 is 8.11. The summed E-state index contributed by atoms with van der Waals surface area (Å²) in [6, 6.07) is 14.9. The number of piperazine rings is 1. The Bertz CT molecular complexity index is 3400. The quantitative estimate of drug-likeness (QED) is 0.0327. The third-order valence-electron chi connectivity index (χ3n) is 16.1. The number of carboxylic acid groups (broad SMARTS) is 1. The Kier molecular flexibility index (Phi) is 20.7. The highest BCUT2D eigenvalue weighted by Crippen LogP contribution is 2.44. The van der Waals surface area contributed by atoms with Crippen LogP contribution in [0.3, 0.4) is 0 Å². The maximum absolute atomic E-state index is 16.6. The van der Waals surface area contributed by atoms with E-state index in [0.29, 0.717) is 64.0 Å². The van der Waals surface area contributed by atoms with Gasteiger partial charge in [-0.2, -0.15) is 4.98 Å². The van der Waals surface area contributed by atoms with Gasteiger partial charge in [0.05, 0.1) is 48.7 Å². The summed E-state index contributed by atoms with van der Waals surface area (Å²) in [6.45, 7) is 8.83. The number of rotatable bonds is 24. The average Bonchev–Trinajstić information content (AvgIpc) is 1.52. The summed E-state index contributed by atoms with van der Waals surface area (Å²) in [7, 11) is 3.01. The van der Waals surface area contributed by atoms with Crippen molar-refractivity contribution in [1.82, 2.24) is 39.9 Å². The van der Waals surface area contributed by atoms with E-state index >= 15 is 8.78 Å². The van der Waals surface area contributed by atoms with Gasteiger partial charge < -0.3 is 54.7 Å². The molecule has 20 nitrogen and oxygen atoms in total. The second-order valence-corrected chi connectivity index (χ2v) is 22.7. The molecule has 2 saturated heterocycles. The molecule has 5 amide bonds. The molecule has 0 bridgehead atoms. The van der Waals surface area contributed by atoms with Crippen LogP contribution in [0, 0.1) is 17.6 Å². The van der Waals surface area contributed by atoms with Crippen molar-refractivity contribution in [2.24, 2.45) is 5.92 Å². The number of hydrogen-bond acceptors (Lipinski definition) is 15. The number of phenols is 1. The molecule has 6 aromatic rings. The highest BCUT2D eigenvalue weighted by molar-refractivity contribution is 7.10. The smallest absolute Gasteiger partial charge is 0.407 e. The Balaban J connectivity index is 0.733. The Morgan fingerprint density at radius 2 is 1.59 bits per heavy atom. The topological polar surface area (TPSA) is 232 Å². The number of aromatic hydroxyl groups is 1. The number of likely N-dealkylation sites (tertiary alicyclic amines) is 1. The molecule has 4 aromatic carbocycles. The van der Waals surface area contributed by atoms with Gasteiger partial charge in [-0.05, 0) is 80.3 Å².